The van der Waals surface area contributed by atoms with Crippen LogP contribution in [0.15, 0.2) is 22.3 Å². The van der Waals surface area contributed by atoms with E-state index in [1.54, 1.807) is 0 Å². The van der Waals surface area contributed by atoms with Crippen molar-refractivity contribution in [2.24, 2.45) is 0 Å². The monoisotopic (exact) mass is 308 g/mol. The maximum absolute atomic E-state index is 12.3. The van der Waals surface area contributed by atoms with Gasteiger partial charge in [-0.05, 0) is 26.7 Å². The van der Waals surface area contributed by atoms with Gasteiger partial charge in [0.15, 0.2) is 0 Å². The molecule has 0 bridgehead atoms. The lowest BCUT2D eigenvalue weighted by Gasteiger charge is -2.21. The molecule has 0 radical (unpaired) electrons. The molecule has 4 nitrogen and oxygen atoms in total. The predicted octanol–water partition coefficient (Wildman–Crippen LogP) is 4.10. The summed E-state index contributed by atoms with van der Waals surface area (Å²) in [5.41, 5.74) is 3.21. The number of rotatable bonds is 8. The van der Waals surface area contributed by atoms with Gasteiger partial charge in [-0.2, -0.15) is 0 Å². The van der Waals surface area contributed by atoms with Gasteiger partial charge in [0.25, 0.3) is 0 Å². The minimum absolute atomic E-state index is 0.372. The number of carbonyl (C=O) groups excluding carboxylic acids is 2. The first-order chi connectivity index (χ1) is 10.5. The maximum Gasteiger partial charge on any atom is 0.334 e. The summed E-state index contributed by atoms with van der Waals surface area (Å²) in [5.74, 6) is -0.745. The van der Waals surface area contributed by atoms with Crippen molar-refractivity contribution >= 4 is 11.9 Å². The Morgan fingerprint density at radius 3 is 1.50 bits per heavy atom. The number of allylic oxidation sites excluding steroid dienone is 2. The highest BCUT2D eigenvalue weighted by Crippen LogP contribution is 2.31. The fraction of sp³-hybridized carbons (Fsp3) is 0.667. The molecule has 0 aromatic rings. The van der Waals surface area contributed by atoms with Crippen molar-refractivity contribution in [3.05, 3.63) is 22.3 Å². The molecule has 0 amide bonds. The van der Waals surface area contributed by atoms with Crippen molar-refractivity contribution in [1.82, 2.24) is 0 Å². The molecule has 0 aliphatic heterocycles. The summed E-state index contributed by atoms with van der Waals surface area (Å²) < 4.78 is 10.6. The Bertz CT molecular complexity index is 429. The SMILES string of the molecule is CCCCOC(=O)C1=C(C(=O)OCCCC)CC(C)=C(C)C1. The van der Waals surface area contributed by atoms with Crippen LogP contribution in [0, 0.1) is 0 Å². The van der Waals surface area contributed by atoms with E-state index < -0.39 is 0 Å². The molecule has 1 aliphatic carbocycles. The molecule has 4 heteroatoms. The highest BCUT2D eigenvalue weighted by Gasteiger charge is 2.27. The summed E-state index contributed by atoms with van der Waals surface area (Å²) in [6.07, 6.45) is 4.57. The van der Waals surface area contributed by atoms with Gasteiger partial charge in [-0.3, -0.25) is 0 Å². The van der Waals surface area contributed by atoms with Crippen molar-refractivity contribution in [3.63, 3.8) is 0 Å². The van der Waals surface area contributed by atoms with Gasteiger partial charge in [-0.25, -0.2) is 9.59 Å². The number of carbonyl (C=O) groups is 2. The third kappa shape index (κ3) is 5.32. The van der Waals surface area contributed by atoms with E-state index in [4.69, 9.17) is 9.47 Å². The molecule has 22 heavy (non-hydrogen) atoms. The molecular formula is C18H28O4. The summed E-state index contributed by atoms with van der Waals surface area (Å²) in [6.45, 7) is 8.88. The second kappa shape index (κ2) is 9.44. The molecule has 0 saturated carbocycles. The molecular weight excluding hydrogens is 280 g/mol. The predicted molar refractivity (Wildman–Crippen MR) is 86.4 cm³/mol. The molecule has 0 spiro atoms. The zero-order valence-corrected chi connectivity index (χ0v) is 14.3. The average molecular weight is 308 g/mol. The minimum atomic E-state index is -0.372. The normalized spacial score (nSPS) is 15.1. The first-order valence-corrected chi connectivity index (χ1v) is 8.22. The van der Waals surface area contributed by atoms with Gasteiger partial charge in [0.1, 0.15) is 0 Å². The van der Waals surface area contributed by atoms with Crippen molar-refractivity contribution in [3.8, 4) is 0 Å². The van der Waals surface area contributed by atoms with E-state index in [-0.39, 0.29) is 11.9 Å². The van der Waals surface area contributed by atoms with Crippen LogP contribution in [-0.4, -0.2) is 25.2 Å². The van der Waals surface area contributed by atoms with E-state index in [1.165, 1.54) is 0 Å². The quantitative estimate of drug-likeness (QED) is 0.385. The Morgan fingerprint density at radius 2 is 1.18 bits per heavy atom. The molecule has 1 aliphatic rings. The topological polar surface area (TPSA) is 52.6 Å². The van der Waals surface area contributed by atoms with Gasteiger partial charge >= 0.3 is 11.9 Å². The van der Waals surface area contributed by atoms with Crippen molar-refractivity contribution in [2.75, 3.05) is 13.2 Å². The molecule has 0 saturated heterocycles. The van der Waals surface area contributed by atoms with E-state index in [9.17, 15) is 9.59 Å². The Labute approximate surface area is 133 Å². The largest absolute Gasteiger partial charge is 0.462 e. The molecule has 1 rings (SSSR count). The molecule has 124 valence electrons. The number of unbranched alkanes of at least 4 members (excludes halogenated alkanes) is 2. The van der Waals surface area contributed by atoms with Crippen LogP contribution in [0.4, 0.5) is 0 Å². The minimum Gasteiger partial charge on any atom is -0.462 e. The third-order valence-electron chi connectivity index (χ3n) is 3.93. The summed E-state index contributed by atoms with van der Waals surface area (Å²) >= 11 is 0. The number of hydrogen-bond donors (Lipinski definition) is 0. The summed E-state index contributed by atoms with van der Waals surface area (Å²) in [4.78, 5) is 24.5. The Balaban J connectivity index is 2.84. The molecule has 0 unspecified atom stereocenters. The first-order valence-electron chi connectivity index (χ1n) is 8.22. The van der Waals surface area contributed by atoms with Gasteiger partial charge in [0.2, 0.25) is 0 Å². The highest BCUT2D eigenvalue weighted by atomic mass is 16.5. The summed E-state index contributed by atoms with van der Waals surface area (Å²) in [7, 11) is 0. The number of ether oxygens (including phenoxy) is 2. The van der Waals surface area contributed by atoms with E-state index in [0.29, 0.717) is 37.2 Å². The molecule has 0 heterocycles. The maximum atomic E-state index is 12.3. The fourth-order valence-electron chi connectivity index (χ4n) is 2.23. The first kappa shape index (κ1) is 18.5. The Kier molecular flexibility index (Phi) is 7.92. The van der Waals surface area contributed by atoms with Gasteiger partial charge in [0, 0.05) is 12.8 Å². The van der Waals surface area contributed by atoms with Crippen LogP contribution in [0.2, 0.25) is 0 Å². The van der Waals surface area contributed by atoms with Crippen molar-refractivity contribution in [1.29, 1.82) is 0 Å². The second-order valence-corrected chi connectivity index (χ2v) is 5.85. The Morgan fingerprint density at radius 1 is 0.818 bits per heavy atom. The van der Waals surface area contributed by atoms with E-state index in [1.807, 2.05) is 27.7 Å². The summed E-state index contributed by atoms with van der Waals surface area (Å²) in [6, 6.07) is 0. The van der Waals surface area contributed by atoms with Gasteiger partial charge in [-0.15, -0.1) is 0 Å². The van der Waals surface area contributed by atoms with Crippen molar-refractivity contribution < 1.29 is 19.1 Å². The van der Waals surface area contributed by atoms with Crippen LogP contribution < -0.4 is 0 Å². The standard InChI is InChI=1S/C18H28O4/c1-5-7-9-21-17(19)15-11-13(3)14(4)12-16(15)18(20)22-10-8-6-2/h5-12H2,1-4H3. The van der Waals surface area contributed by atoms with E-state index >= 15 is 0 Å². The van der Waals surface area contributed by atoms with Gasteiger partial charge < -0.3 is 9.47 Å². The van der Waals surface area contributed by atoms with Crippen LogP contribution in [0.1, 0.15) is 66.2 Å². The molecule has 0 N–H and O–H groups in total. The fourth-order valence-corrected chi connectivity index (χ4v) is 2.23. The lowest BCUT2D eigenvalue weighted by Crippen LogP contribution is -2.21. The lowest BCUT2D eigenvalue weighted by atomic mass is 9.87. The van der Waals surface area contributed by atoms with Gasteiger partial charge in [-0.1, -0.05) is 37.8 Å². The molecule has 0 atom stereocenters. The van der Waals surface area contributed by atoms with Crippen LogP contribution in [0.25, 0.3) is 0 Å². The zero-order chi connectivity index (χ0) is 16.5. The van der Waals surface area contributed by atoms with Crippen LogP contribution in [-0.2, 0) is 19.1 Å². The van der Waals surface area contributed by atoms with Crippen LogP contribution in [0.5, 0.6) is 0 Å². The van der Waals surface area contributed by atoms with Gasteiger partial charge in [0.05, 0.1) is 24.4 Å². The van der Waals surface area contributed by atoms with E-state index in [0.717, 1.165) is 36.8 Å². The third-order valence-corrected chi connectivity index (χ3v) is 3.93. The lowest BCUT2D eigenvalue weighted by molar-refractivity contribution is -0.142. The zero-order valence-electron chi connectivity index (χ0n) is 14.3. The number of esters is 2. The molecule has 0 aromatic heterocycles. The molecule has 0 fully saturated rings. The van der Waals surface area contributed by atoms with Crippen LogP contribution in [0.3, 0.4) is 0 Å². The Hall–Kier alpha value is -1.58. The average Bonchev–Trinajstić information content (AvgIpc) is 2.49. The highest BCUT2D eigenvalue weighted by molar-refractivity contribution is 6.01. The van der Waals surface area contributed by atoms with Crippen molar-refractivity contribution in [2.45, 2.75) is 66.2 Å². The molecule has 0 aromatic carbocycles. The second-order valence-electron chi connectivity index (χ2n) is 5.85. The summed E-state index contributed by atoms with van der Waals surface area (Å²) in [5, 5.41) is 0. The van der Waals surface area contributed by atoms with E-state index in [2.05, 4.69) is 0 Å². The number of hydrogen-bond acceptors (Lipinski definition) is 4. The smallest absolute Gasteiger partial charge is 0.334 e. The van der Waals surface area contributed by atoms with Crippen LogP contribution >= 0.6 is 0 Å².